The first kappa shape index (κ1) is 20.2. The van der Waals surface area contributed by atoms with Gasteiger partial charge in [-0.3, -0.25) is 4.79 Å². The third kappa shape index (κ3) is 5.31. The molecule has 0 bridgehead atoms. The van der Waals surface area contributed by atoms with Crippen LogP contribution in [0.3, 0.4) is 0 Å². The molecule has 0 radical (unpaired) electrons. The van der Waals surface area contributed by atoms with Crippen molar-refractivity contribution in [2.45, 2.75) is 12.5 Å². The summed E-state index contributed by atoms with van der Waals surface area (Å²) in [5.74, 6) is 0.914. The van der Waals surface area contributed by atoms with Gasteiger partial charge in [-0.25, -0.2) is 14.4 Å². The van der Waals surface area contributed by atoms with E-state index in [0.29, 0.717) is 35.1 Å². The molecule has 31 heavy (non-hydrogen) atoms. The van der Waals surface area contributed by atoms with Crippen molar-refractivity contribution in [2.75, 3.05) is 5.32 Å². The molecule has 8 heteroatoms. The Morgan fingerprint density at radius 3 is 2.45 bits per heavy atom. The standard InChI is InChI=1S/C23H20FN5O2/c24-16-6-10-19(11-7-16)31-18-8-4-15(5-9-18)21-2-1-3-22(28-21)29-23(30)20(25)12-17-13-26-14-27-17/h1-11,13-14,20H,12,25H2,(H,26,27)(H,28,29,30). The summed E-state index contributed by atoms with van der Waals surface area (Å²) in [5, 5.41) is 2.74. The van der Waals surface area contributed by atoms with Gasteiger partial charge in [-0.2, -0.15) is 0 Å². The second-order valence-electron chi connectivity index (χ2n) is 6.85. The number of nitrogens with two attached hydrogens (primary N) is 1. The summed E-state index contributed by atoms with van der Waals surface area (Å²) in [7, 11) is 0. The van der Waals surface area contributed by atoms with Gasteiger partial charge in [0, 0.05) is 18.2 Å². The minimum atomic E-state index is -0.739. The van der Waals surface area contributed by atoms with Gasteiger partial charge in [0.1, 0.15) is 23.1 Å². The van der Waals surface area contributed by atoms with E-state index in [2.05, 4.69) is 20.3 Å². The quantitative estimate of drug-likeness (QED) is 0.423. The van der Waals surface area contributed by atoms with Crippen LogP contribution in [0.4, 0.5) is 10.2 Å². The highest BCUT2D eigenvalue weighted by Gasteiger charge is 2.16. The number of anilines is 1. The SMILES string of the molecule is NC(Cc1c[nH]cn1)C(=O)Nc1cccc(-c2ccc(Oc3ccc(F)cc3)cc2)n1. The minimum Gasteiger partial charge on any atom is -0.457 e. The van der Waals surface area contributed by atoms with Gasteiger partial charge in [-0.15, -0.1) is 0 Å². The maximum atomic E-state index is 13.0. The van der Waals surface area contributed by atoms with E-state index in [0.717, 1.165) is 5.56 Å². The number of carbonyl (C=O) groups is 1. The van der Waals surface area contributed by atoms with Crippen LogP contribution in [0.2, 0.25) is 0 Å². The van der Waals surface area contributed by atoms with Crippen molar-refractivity contribution in [3.8, 4) is 22.8 Å². The van der Waals surface area contributed by atoms with E-state index in [1.165, 1.54) is 12.1 Å². The van der Waals surface area contributed by atoms with Gasteiger partial charge in [0.25, 0.3) is 0 Å². The monoisotopic (exact) mass is 417 g/mol. The van der Waals surface area contributed by atoms with Crippen molar-refractivity contribution in [3.05, 3.63) is 90.8 Å². The molecule has 0 fully saturated rings. The Balaban J connectivity index is 1.41. The van der Waals surface area contributed by atoms with Crippen LogP contribution < -0.4 is 15.8 Å². The predicted molar refractivity (Wildman–Crippen MR) is 115 cm³/mol. The first-order valence-electron chi connectivity index (χ1n) is 9.62. The van der Waals surface area contributed by atoms with E-state index < -0.39 is 6.04 Å². The van der Waals surface area contributed by atoms with E-state index in [9.17, 15) is 9.18 Å². The van der Waals surface area contributed by atoms with Crippen molar-refractivity contribution in [2.24, 2.45) is 5.73 Å². The highest BCUT2D eigenvalue weighted by Crippen LogP contribution is 2.25. The van der Waals surface area contributed by atoms with E-state index in [4.69, 9.17) is 10.5 Å². The number of pyridine rings is 1. The largest absolute Gasteiger partial charge is 0.457 e. The highest BCUT2D eigenvalue weighted by molar-refractivity contribution is 5.94. The van der Waals surface area contributed by atoms with Crippen molar-refractivity contribution < 1.29 is 13.9 Å². The first-order valence-corrected chi connectivity index (χ1v) is 9.62. The number of nitrogens with zero attached hydrogens (tertiary/aromatic N) is 2. The topological polar surface area (TPSA) is 106 Å². The number of nitrogens with one attached hydrogen (secondary N) is 2. The second kappa shape index (κ2) is 9.19. The number of hydrogen-bond acceptors (Lipinski definition) is 5. The summed E-state index contributed by atoms with van der Waals surface area (Å²) < 4.78 is 18.7. The van der Waals surface area contributed by atoms with E-state index in [1.54, 1.807) is 48.9 Å². The molecule has 1 amide bonds. The zero-order valence-corrected chi connectivity index (χ0v) is 16.5. The summed E-state index contributed by atoms with van der Waals surface area (Å²) in [6.45, 7) is 0. The number of carbonyl (C=O) groups excluding carboxylic acids is 1. The van der Waals surface area contributed by atoms with Crippen LogP contribution in [-0.2, 0) is 11.2 Å². The van der Waals surface area contributed by atoms with Crippen LogP contribution in [0.15, 0.2) is 79.3 Å². The molecule has 156 valence electrons. The molecule has 1 unspecified atom stereocenters. The van der Waals surface area contributed by atoms with Crippen molar-refractivity contribution >= 4 is 11.7 Å². The molecular formula is C23H20FN5O2. The Hall–Kier alpha value is -4.04. The Kier molecular flexibility index (Phi) is 6.00. The van der Waals surface area contributed by atoms with Crippen molar-refractivity contribution in [1.82, 2.24) is 15.0 Å². The average Bonchev–Trinajstić information content (AvgIpc) is 3.29. The third-order valence-electron chi connectivity index (χ3n) is 4.52. The van der Waals surface area contributed by atoms with Gasteiger partial charge >= 0.3 is 0 Å². The normalized spacial score (nSPS) is 11.7. The molecule has 0 saturated carbocycles. The zero-order valence-electron chi connectivity index (χ0n) is 16.5. The van der Waals surface area contributed by atoms with Gasteiger partial charge in [-0.1, -0.05) is 6.07 Å². The number of H-pyrrole nitrogens is 1. The second-order valence-corrected chi connectivity index (χ2v) is 6.85. The fraction of sp³-hybridized carbons (Fsp3) is 0.0870. The Labute approximate surface area is 178 Å². The smallest absolute Gasteiger partial charge is 0.242 e. The number of benzene rings is 2. The van der Waals surface area contributed by atoms with Crippen LogP contribution in [0.5, 0.6) is 11.5 Å². The third-order valence-corrected chi connectivity index (χ3v) is 4.52. The summed E-state index contributed by atoms with van der Waals surface area (Å²) >= 11 is 0. The average molecular weight is 417 g/mol. The minimum absolute atomic E-state index is 0.317. The van der Waals surface area contributed by atoms with Crippen LogP contribution in [-0.4, -0.2) is 26.9 Å². The summed E-state index contributed by atoms with van der Waals surface area (Å²) in [5.41, 5.74) is 8.22. The molecule has 0 aliphatic heterocycles. The molecule has 2 aromatic carbocycles. The Morgan fingerprint density at radius 2 is 1.77 bits per heavy atom. The molecule has 0 saturated heterocycles. The summed E-state index contributed by atoms with van der Waals surface area (Å²) in [4.78, 5) is 23.8. The number of aromatic nitrogens is 3. The molecule has 0 aliphatic rings. The van der Waals surface area contributed by atoms with Gasteiger partial charge in [0.2, 0.25) is 5.91 Å². The van der Waals surface area contributed by atoms with Crippen molar-refractivity contribution in [3.63, 3.8) is 0 Å². The molecule has 1 atom stereocenters. The van der Waals surface area contributed by atoms with E-state index >= 15 is 0 Å². The molecule has 2 aromatic heterocycles. The summed E-state index contributed by atoms with van der Waals surface area (Å²) in [6, 6.07) is 17.7. The number of aromatic amines is 1. The van der Waals surface area contributed by atoms with Crippen molar-refractivity contribution in [1.29, 1.82) is 0 Å². The number of ether oxygens (including phenoxy) is 1. The molecule has 0 spiro atoms. The lowest BCUT2D eigenvalue weighted by molar-refractivity contribution is -0.117. The number of halogens is 1. The zero-order chi connectivity index (χ0) is 21.6. The number of amides is 1. The number of hydrogen-bond donors (Lipinski definition) is 3. The molecule has 4 aromatic rings. The van der Waals surface area contributed by atoms with Gasteiger partial charge < -0.3 is 20.8 Å². The number of imidazole rings is 1. The number of rotatable bonds is 7. The molecule has 0 aliphatic carbocycles. The van der Waals surface area contributed by atoms with Gasteiger partial charge in [0.15, 0.2) is 0 Å². The van der Waals surface area contributed by atoms with E-state index in [1.807, 2.05) is 18.2 Å². The Morgan fingerprint density at radius 1 is 1.06 bits per heavy atom. The van der Waals surface area contributed by atoms with Crippen LogP contribution in [0.1, 0.15) is 5.69 Å². The molecule has 2 heterocycles. The maximum Gasteiger partial charge on any atom is 0.242 e. The first-order chi connectivity index (χ1) is 15.1. The lowest BCUT2D eigenvalue weighted by atomic mass is 10.1. The molecule has 4 rings (SSSR count). The van der Waals surface area contributed by atoms with Crippen LogP contribution in [0, 0.1) is 5.82 Å². The fourth-order valence-corrected chi connectivity index (χ4v) is 2.94. The van der Waals surface area contributed by atoms with Gasteiger partial charge in [-0.05, 0) is 60.7 Å². The maximum absolute atomic E-state index is 13.0. The Bertz CT molecular complexity index is 1150. The fourth-order valence-electron chi connectivity index (χ4n) is 2.94. The molecule has 7 nitrogen and oxygen atoms in total. The van der Waals surface area contributed by atoms with Crippen LogP contribution >= 0.6 is 0 Å². The lowest BCUT2D eigenvalue weighted by Gasteiger charge is -2.11. The van der Waals surface area contributed by atoms with Gasteiger partial charge in [0.05, 0.1) is 23.8 Å². The molecule has 4 N–H and O–H groups in total. The molecular weight excluding hydrogens is 397 g/mol. The van der Waals surface area contributed by atoms with E-state index in [-0.39, 0.29) is 11.7 Å². The highest BCUT2D eigenvalue weighted by atomic mass is 19.1. The van der Waals surface area contributed by atoms with Crippen LogP contribution in [0.25, 0.3) is 11.3 Å². The predicted octanol–water partition coefficient (Wildman–Crippen LogP) is 3.91. The lowest BCUT2D eigenvalue weighted by Crippen LogP contribution is -2.37. The summed E-state index contributed by atoms with van der Waals surface area (Å²) in [6.07, 6.45) is 3.57.